The Hall–Kier alpha value is -1.75. The molecule has 5 nitrogen and oxygen atoms in total. The average molecular weight is 249 g/mol. The van der Waals surface area contributed by atoms with Gasteiger partial charge < -0.3 is 14.9 Å². The Morgan fingerprint density at radius 3 is 2.89 bits per heavy atom. The minimum absolute atomic E-state index is 0.357. The molecule has 0 amide bonds. The highest BCUT2D eigenvalue weighted by molar-refractivity contribution is 5.35. The van der Waals surface area contributed by atoms with Crippen molar-refractivity contribution in [3.63, 3.8) is 0 Å². The van der Waals surface area contributed by atoms with Crippen molar-refractivity contribution in [1.82, 2.24) is 9.78 Å². The molecule has 1 unspecified atom stereocenters. The van der Waals surface area contributed by atoms with Gasteiger partial charge in [0.05, 0.1) is 19.6 Å². The van der Waals surface area contributed by atoms with Crippen molar-refractivity contribution in [3.8, 4) is 5.75 Å². The summed E-state index contributed by atoms with van der Waals surface area (Å²) in [5.41, 5.74) is 8.17. The Labute approximate surface area is 107 Å². The summed E-state index contributed by atoms with van der Waals surface area (Å²) < 4.78 is 12.7. The predicted octanol–water partition coefficient (Wildman–Crippen LogP) is 2.25. The van der Waals surface area contributed by atoms with Crippen LogP contribution in [-0.2, 0) is 6.54 Å². The smallest absolute Gasteiger partial charge is 0.162 e. The van der Waals surface area contributed by atoms with Crippen LogP contribution in [0.15, 0.2) is 22.9 Å². The molecule has 0 bridgehead atoms. The second-order valence-corrected chi connectivity index (χ2v) is 4.27. The summed E-state index contributed by atoms with van der Waals surface area (Å²) in [6.45, 7) is 4.89. The third-order valence-electron chi connectivity index (χ3n) is 2.98. The predicted molar refractivity (Wildman–Crippen MR) is 68.5 cm³/mol. The lowest BCUT2D eigenvalue weighted by molar-refractivity contribution is 0.396. The van der Waals surface area contributed by atoms with Crippen molar-refractivity contribution in [2.45, 2.75) is 32.9 Å². The number of aromatic nitrogens is 2. The second-order valence-electron chi connectivity index (χ2n) is 4.27. The van der Waals surface area contributed by atoms with Gasteiger partial charge in [-0.25, -0.2) is 0 Å². The van der Waals surface area contributed by atoms with Crippen molar-refractivity contribution in [3.05, 3.63) is 35.5 Å². The summed E-state index contributed by atoms with van der Waals surface area (Å²) in [5, 5.41) is 4.31. The molecular weight excluding hydrogens is 230 g/mol. The molecule has 2 aromatic rings. The molecule has 5 heteroatoms. The summed E-state index contributed by atoms with van der Waals surface area (Å²) in [6.07, 6.45) is 4.34. The molecule has 0 saturated carbocycles. The van der Waals surface area contributed by atoms with Crippen LogP contribution in [-0.4, -0.2) is 16.9 Å². The van der Waals surface area contributed by atoms with Crippen LogP contribution >= 0.6 is 0 Å². The van der Waals surface area contributed by atoms with Gasteiger partial charge >= 0.3 is 0 Å². The van der Waals surface area contributed by atoms with Gasteiger partial charge in [0, 0.05) is 6.54 Å². The van der Waals surface area contributed by atoms with Crippen LogP contribution in [0, 0.1) is 6.92 Å². The summed E-state index contributed by atoms with van der Waals surface area (Å²) in [7, 11) is 1.62. The van der Waals surface area contributed by atoms with Crippen LogP contribution in [0.4, 0.5) is 0 Å². The fourth-order valence-corrected chi connectivity index (χ4v) is 2.07. The molecule has 1 atom stereocenters. The van der Waals surface area contributed by atoms with Crippen LogP contribution in [0.5, 0.6) is 5.75 Å². The van der Waals surface area contributed by atoms with Crippen molar-refractivity contribution in [1.29, 1.82) is 0 Å². The van der Waals surface area contributed by atoms with Gasteiger partial charge in [-0.15, -0.1) is 0 Å². The standard InChI is InChI=1S/C13H19N3O2/c1-4-6-16-12(10(17-3)8-15-16)11(14)13-9(2)5-7-18-13/h5,7-8,11H,4,6,14H2,1-3H3. The lowest BCUT2D eigenvalue weighted by Gasteiger charge is -2.14. The van der Waals surface area contributed by atoms with E-state index in [-0.39, 0.29) is 6.04 Å². The molecule has 2 aromatic heterocycles. The normalized spacial score (nSPS) is 12.7. The number of hydrogen-bond donors (Lipinski definition) is 1. The first-order valence-electron chi connectivity index (χ1n) is 6.08. The summed E-state index contributed by atoms with van der Waals surface area (Å²) in [4.78, 5) is 0. The zero-order chi connectivity index (χ0) is 13.1. The minimum atomic E-state index is -0.357. The van der Waals surface area contributed by atoms with Gasteiger partial charge in [0.1, 0.15) is 17.5 Å². The van der Waals surface area contributed by atoms with Crippen molar-refractivity contribution in [2.24, 2.45) is 5.73 Å². The molecule has 2 heterocycles. The lowest BCUT2D eigenvalue weighted by atomic mass is 10.1. The van der Waals surface area contributed by atoms with Gasteiger partial charge in [-0.2, -0.15) is 5.10 Å². The molecule has 0 fully saturated rings. The van der Waals surface area contributed by atoms with E-state index in [1.54, 1.807) is 19.6 Å². The number of furan rings is 1. The van der Waals surface area contributed by atoms with Gasteiger partial charge in [-0.1, -0.05) is 6.92 Å². The lowest BCUT2D eigenvalue weighted by Crippen LogP contribution is -2.18. The molecule has 2 N–H and O–H groups in total. The molecule has 0 radical (unpaired) electrons. The van der Waals surface area contributed by atoms with Crippen LogP contribution in [0.3, 0.4) is 0 Å². The maximum absolute atomic E-state index is 6.28. The molecule has 0 aromatic carbocycles. The van der Waals surface area contributed by atoms with E-state index < -0.39 is 0 Å². The zero-order valence-corrected chi connectivity index (χ0v) is 11.0. The molecular formula is C13H19N3O2. The third kappa shape index (κ3) is 2.13. The average Bonchev–Trinajstić information content (AvgIpc) is 2.95. The topological polar surface area (TPSA) is 66.2 Å². The Kier molecular flexibility index (Phi) is 3.72. The maximum atomic E-state index is 6.28. The first-order valence-corrected chi connectivity index (χ1v) is 6.08. The first-order chi connectivity index (χ1) is 8.69. The van der Waals surface area contributed by atoms with Gasteiger partial charge in [0.25, 0.3) is 0 Å². The summed E-state index contributed by atoms with van der Waals surface area (Å²) in [5.74, 6) is 1.46. The first kappa shape index (κ1) is 12.7. The van der Waals surface area contributed by atoms with Crippen molar-refractivity contribution in [2.75, 3.05) is 7.11 Å². The van der Waals surface area contributed by atoms with E-state index in [1.807, 2.05) is 17.7 Å². The van der Waals surface area contributed by atoms with Crippen molar-refractivity contribution >= 4 is 0 Å². The van der Waals surface area contributed by atoms with Crippen LogP contribution in [0.25, 0.3) is 0 Å². The maximum Gasteiger partial charge on any atom is 0.162 e. The highest BCUT2D eigenvalue weighted by atomic mass is 16.5. The van der Waals surface area contributed by atoms with E-state index in [0.29, 0.717) is 5.75 Å². The molecule has 98 valence electrons. The van der Waals surface area contributed by atoms with Crippen molar-refractivity contribution < 1.29 is 9.15 Å². The quantitative estimate of drug-likeness (QED) is 0.882. The monoisotopic (exact) mass is 249 g/mol. The van der Waals surface area contributed by atoms with E-state index in [1.165, 1.54) is 0 Å². The number of methoxy groups -OCH3 is 1. The molecule has 18 heavy (non-hydrogen) atoms. The Morgan fingerprint density at radius 1 is 1.56 bits per heavy atom. The largest absolute Gasteiger partial charge is 0.493 e. The minimum Gasteiger partial charge on any atom is -0.493 e. The number of nitrogens with zero attached hydrogens (tertiary/aromatic N) is 2. The Morgan fingerprint density at radius 2 is 2.33 bits per heavy atom. The van der Waals surface area contributed by atoms with Crippen LogP contribution in [0.1, 0.15) is 36.4 Å². The molecule has 0 saturated heterocycles. The number of hydrogen-bond acceptors (Lipinski definition) is 4. The zero-order valence-electron chi connectivity index (χ0n) is 11.0. The van der Waals surface area contributed by atoms with E-state index in [0.717, 1.165) is 30.0 Å². The van der Waals surface area contributed by atoms with E-state index >= 15 is 0 Å². The SMILES string of the molecule is CCCn1ncc(OC)c1C(N)c1occc1C. The number of rotatable bonds is 5. The molecule has 0 spiro atoms. The van der Waals surface area contributed by atoms with Gasteiger partial charge in [-0.05, 0) is 25.0 Å². The molecule has 0 aliphatic carbocycles. The Balaban J connectivity index is 2.42. The van der Waals surface area contributed by atoms with Crippen LogP contribution < -0.4 is 10.5 Å². The fraction of sp³-hybridized carbons (Fsp3) is 0.462. The summed E-state index contributed by atoms with van der Waals surface area (Å²) in [6, 6.07) is 1.55. The van der Waals surface area contributed by atoms with E-state index in [2.05, 4.69) is 12.0 Å². The molecule has 0 aliphatic rings. The second kappa shape index (κ2) is 5.27. The molecule has 2 rings (SSSR count). The number of aryl methyl sites for hydroxylation is 2. The highest BCUT2D eigenvalue weighted by Crippen LogP contribution is 2.30. The van der Waals surface area contributed by atoms with Gasteiger partial charge in [0.15, 0.2) is 5.75 Å². The molecule has 0 aliphatic heterocycles. The highest BCUT2D eigenvalue weighted by Gasteiger charge is 2.23. The number of ether oxygens (including phenoxy) is 1. The fourth-order valence-electron chi connectivity index (χ4n) is 2.07. The summed E-state index contributed by atoms with van der Waals surface area (Å²) >= 11 is 0. The van der Waals surface area contributed by atoms with Gasteiger partial charge in [0.2, 0.25) is 0 Å². The van der Waals surface area contributed by atoms with Crippen LogP contribution in [0.2, 0.25) is 0 Å². The Bertz CT molecular complexity index is 516. The van der Waals surface area contributed by atoms with E-state index in [9.17, 15) is 0 Å². The third-order valence-corrected chi connectivity index (χ3v) is 2.98. The number of nitrogens with two attached hydrogens (primary N) is 1. The van der Waals surface area contributed by atoms with E-state index in [4.69, 9.17) is 14.9 Å². The van der Waals surface area contributed by atoms with Gasteiger partial charge in [-0.3, -0.25) is 4.68 Å².